The van der Waals surface area contributed by atoms with Crippen LogP contribution >= 0.6 is 11.8 Å². The quantitative estimate of drug-likeness (QED) is 0.831. The Morgan fingerprint density at radius 1 is 1.21 bits per heavy atom. The van der Waals surface area contributed by atoms with E-state index in [0.717, 1.165) is 32.1 Å². The van der Waals surface area contributed by atoms with Gasteiger partial charge in [-0.15, -0.1) is 0 Å². The minimum atomic E-state index is -0.890. The van der Waals surface area contributed by atoms with Crippen LogP contribution in [0.15, 0.2) is 0 Å². The minimum Gasteiger partial charge on any atom is -0.480 e. The second-order valence-electron chi connectivity index (χ2n) is 5.35. The lowest BCUT2D eigenvalue weighted by Crippen LogP contribution is -2.49. The number of urea groups is 1. The molecule has 0 aromatic heterocycles. The second kappa shape index (κ2) is 6.50. The van der Waals surface area contributed by atoms with Crippen LogP contribution in [0.4, 0.5) is 4.79 Å². The van der Waals surface area contributed by atoms with Gasteiger partial charge in [0.05, 0.1) is 0 Å². The molecule has 0 aromatic rings. The summed E-state index contributed by atoms with van der Waals surface area (Å²) in [4.78, 5) is 24.7. The van der Waals surface area contributed by atoms with Crippen molar-refractivity contribution in [1.82, 2.24) is 10.2 Å². The summed E-state index contributed by atoms with van der Waals surface area (Å²) in [5, 5.41) is 12.8. The molecular formula is C13H22N2O3S. The number of hydrogen-bond donors (Lipinski definition) is 2. The highest BCUT2D eigenvalue weighted by Gasteiger charge is 2.35. The molecule has 108 valence electrons. The summed E-state index contributed by atoms with van der Waals surface area (Å²) >= 11 is 1.90. The number of carboxylic acids is 1. The number of thioether (sulfide) groups is 1. The number of aliphatic carboxylic acids is 1. The van der Waals surface area contributed by atoms with Crippen LogP contribution in [0.5, 0.6) is 0 Å². The largest absolute Gasteiger partial charge is 0.480 e. The number of nitrogens with zero attached hydrogens (tertiary/aromatic N) is 1. The second-order valence-corrected chi connectivity index (χ2v) is 6.49. The summed E-state index contributed by atoms with van der Waals surface area (Å²) in [7, 11) is 0. The third-order valence-corrected chi connectivity index (χ3v) is 5.27. The highest BCUT2D eigenvalue weighted by atomic mass is 32.2. The molecule has 6 heteroatoms. The fourth-order valence-corrected chi connectivity index (χ4v) is 3.71. The first-order valence-electron chi connectivity index (χ1n) is 6.94. The summed E-state index contributed by atoms with van der Waals surface area (Å²) in [5.74, 6) is -0.890. The maximum atomic E-state index is 12.1. The van der Waals surface area contributed by atoms with E-state index in [0.29, 0.717) is 18.2 Å². The molecule has 1 saturated heterocycles. The fourth-order valence-electron chi connectivity index (χ4n) is 2.97. The van der Waals surface area contributed by atoms with E-state index in [9.17, 15) is 9.59 Å². The van der Waals surface area contributed by atoms with Crippen LogP contribution in [-0.4, -0.2) is 52.1 Å². The van der Waals surface area contributed by atoms with Gasteiger partial charge in [-0.3, -0.25) is 0 Å². The first kappa shape index (κ1) is 14.5. The van der Waals surface area contributed by atoms with E-state index < -0.39 is 12.0 Å². The summed E-state index contributed by atoms with van der Waals surface area (Å²) in [5.41, 5.74) is 0. The van der Waals surface area contributed by atoms with Crippen molar-refractivity contribution < 1.29 is 14.7 Å². The molecule has 19 heavy (non-hydrogen) atoms. The number of carbonyl (C=O) groups excluding carboxylic acids is 1. The summed E-state index contributed by atoms with van der Waals surface area (Å²) in [6.45, 7) is 0.558. The minimum absolute atomic E-state index is 0.197. The molecule has 5 nitrogen and oxygen atoms in total. The third-order valence-electron chi connectivity index (χ3n) is 4.13. The molecule has 0 radical (unpaired) electrons. The lowest BCUT2D eigenvalue weighted by Gasteiger charge is -2.30. The summed E-state index contributed by atoms with van der Waals surface area (Å²) in [6.07, 6.45) is 7.76. The van der Waals surface area contributed by atoms with Crippen molar-refractivity contribution in [2.24, 2.45) is 0 Å². The van der Waals surface area contributed by atoms with E-state index in [1.807, 2.05) is 11.8 Å². The first-order valence-corrected chi connectivity index (χ1v) is 8.23. The summed E-state index contributed by atoms with van der Waals surface area (Å²) < 4.78 is 0. The molecule has 1 heterocycles. The molecule has 0 unspecified atom stereocenters. The van der Waals surface area contributed by atoms with Crippen molar-refractivity contribution in [2.45, 2.75) is 55.9 Å². The maximum Gasteiger partial charge on any atom is 0.326 e. The van der Waals surface area contributed by atoms with Gasteiger partial charge in [-0.1, -0.05) is 0 Å². The highest BCUT2D eigenvalue weighted by Crippen LogP contribution is 2.27. The Labute approximate surface area is 118 Å². The zero-order valence-electron chi connectivity index (χ0n) is 11.3. The molecular weight excluding hydrogens is 264 g/mol. The van der Waals surface area contributed by atoms with E-state index in [1.54, 1.807) is 0 Å². The molecule has 2 fully saturated rings. The van der Waals surface area contributed by atoms with Gasteiger partial charge in [0.25, 0.3) is 0 Å². The predicted molar refractivity (Wildman–Crippen MR) is 75.5 cm³/mol. The van der Waals surface area contributed by atoms with E-state index >= 15 is 0 Å². The number of nitrogens with one attached hydrogen (secondary N) is 1. The molecule has 1 atom stereocenters. The van der Waals surface area contributed by atoms with Gasteiger partial charge >= 0.3 is 12.0 Å². The maximum absolute atomic E-state index is 12.1. The Bertz CT molecular complexity index is 343. The van der Waals surface area contributed by atoms with E-state index in [-0.39, 0.29) is 12.1 Å². The fraction of sp³-hybridized carbons (Fsp3) is 0.846. The summed E-state index contributed by atoms with van der Waals surface area (Å²) in [6, 6.07) is -0.619. The standard InChI is InChI=1S/C13H22N2O3S/c1-19-10-6-4-9(5-7-10)14-13(18)15-8-2-3-11(15)12(16)17/h9-11H,2-8H2,1H3,(H,14,18)(H,16,17)/t9?,10?,11-/m1/s1. The van der Waals surface area contributed by atoms with E-state index in [2.05, 4.69) is 11.6 Å². The molecule has 2 amide bonds. The Hall–Kier alpha value is -0.910. The van der Waals surface area contributed by atoms with Crippen molar-refractivity contribution in [3.05, 3.63) is 0 Å². The first-order chi connectivity index (χ1) is 9.11. The normalized spacial score (nSPS) is 31.2. The third kappa shape index (κ3) is 3.55. The lowest BCUT2D eigenvalue weighted by atomic mass is 9.95. The zero-order valence-corrected chi connectivity index (χ0v) is 12.1. The van der Waals surface area contributed by atoms with Gasteiger partial charge in [-0.25, -0.2) is 9.59 Å². The van der Waals surface area contributed by atoms with Crippen molar-refractivity contribution in [1.29, 1.82) is 0 Å². The van der Waals surface area contributed by atoms with Crippen LogP contribution in [0.1, 0.15) is 38.5 Å². The molecule has 0 spiro atoms. The van der Waals surface area contributed by atoms with Crippen LogP contribution in [0.2, 0.25) is 0 Å². The molecule has 1 aliphatic heterocycles. The number of carbonyl (C=O) groups is 2. The number of likely N-dealkylation sites (tertiary alicyclic amines) is 1. The number of hydrogen-bond acceptors (Lipinski definition) is 3. The number of amides is 2. The molecule has 2 rings (SSSR count). The van der Waals surface area contributed by atoms with Crippen molar-refractivity contribution in [3.63, 3.8) is 0 Å². The Kier molecular flexibility index (Phi) is 4.96. The Balaban J connectivity index is 1.82. The van der Waals surface area contributed by atoms with Gasteiger partial charge in [-0.05, 0) is 44.8 Å². The van der Waals surface area contributed by atoms with E-state index in [1.165, 1.54) is 4.90 Å². The average molecular weight is 286 g/mol. The Morgan fingerprint density at radius 2 is 1.89 bits per heavy atom. The molecule has 2 N–H and O–H groups in total. The van der Waals surface area contributed by atoms with Crippen LogP contribution in [0.25, 0.3) is 0 Å². The van der Waals surface area contributed by atoms with Gasteiger partial charge in [-0.2, -0.15) is 11.8 Å². The van der Waals surface area contributed by atoms with Gasteiger partial charge in [0.2, 0.25) is 0 Å². The SMILES string of the molecule is CSC1CCC(NC(=O)N2CCC[C@@H]2C(=O)O)CC1. The van der Waals surface area contributed by atoms with Gasteiger partial charge < -0.3 is 15.3 Å². The van der Waals surface area contributed by atoms with Gasteiger partial charge in [0.1, 0.15) is 6.04 Å². The van der Waals surface area contributed by atoms with Crippen molar-refractivity contribution in [2.75, 3.05) is 12.8 Å². The smallest absolute Gasteiger partial charge is 0.326 e. The monoisotopic (exact) mass is 286 g/mol. The topological polar surface area (TPSA) is 69.6 Å². The zero-order chi connectivity index (χ0) is 13.8. The predicted octanol–water partition coefficient (Wildman–Crippen LogP) is 1.92. The van der Waals surface area contributed by atoms with Crippen molar-refractivity contribution >= 4 is 23.8 Å². The molecule has 2 aliphatic rings. The van der Waals surface area contributed by atoms with Crippen LogP contribution in [-0.2, 0) is 4.79 Å². The lowest BCUT2D eigenvalue weighted by molar-refractivity contribution is -0.141. The number of rotatable bonds is 3. The van der Waals surface area contributed by atoms with Crippen molar-refractivity contribution in [3.8, 4) is 0 Å². The van der Waals surface area contributed by atoms with Crippen LogP contribution < -0.4 is 5.32 Å². The molecule has 1 saturated carbocycles. The van der Waals surface area contributed by atoms with Crippen LogP contribution in [0.3, 0.4) is 0 Å². The van der Waals surface area contributed by atoms with E-state index in [4.69, 9.17) is 5.11 Å². The average Bonchev–Trinajstić information content (AvgIpc) is 2.89. The van der Waals surface area contributed by atoms with Gasteiger partial charge in [0, 0.05) is 17.8 Å². The Morgan fingerprint density at radius 3 is 2.47 bits per heavy atom. The molecule has 0 bridgehead atoms. The van der Waals surface area contributed by atoms with Gasteiger partial charge in [0.15, 0.2) is 0 Å². The molecule has 1 aliphatic carbocycles. The molecule has 0 aromatic carbocycles. The highest BCUT2D eigenvalue weighted by molar-refractivity contribution is 7.99. The van der Waals surface area contributed by atoms with Crippen LogP contribution in [0, 0.1) is 0 Å². The number of carboxylic acid groups (broad SMARTS) is 1.